The van der Waals surface area contributed by atoms with Gasteiger partial charge in [-0.25, -0.2) is 13.2 Å². The molecule has 0 saturated heterocycles. The molecule has 0 unspecified atom stereocenters. The number of H-pyrrole nitrogens is 1. The van der Waals surface area contributed by atoms with E-state index in [1.54, 1.807) is 0 Å². The number of aromatic nitrogens is 1. The van der Waals surface area contributed by atoms with Crippen molar-refractivity contribution < 1.29 is 23.1 Å². The van der Waals surface area contributed by atoms with Crippen LogP contribution in [-0.2, 0) is 11.2 Å². The molecule has 0 bridgehead atoms. The van der Waals surface area contributed by atoms with Gasteiger partial charge in [-0.05, 0) is 47.9 Å². The molecule has 0 radical (unpaired) electrons. The average molecular weight is 345 g/mol. The first-order chi connectivity index (χ1) is 12.0. The molecule has 3 aromatic rings. The van der Waals surface area contributed by atoms with Crippen molar-refractivity contribution in [2.45, 2.75) is 12.8 Å². The van der Waals surface area contributed by atoms with Crippen molar-refractivity contribution in [2.75, 3.05) is 0 Å². The van der Waals surface area contributed by atoms with Gasteiger partial charge in [0.25, 0.3) is 0 Å². The van der Waals surface area contributed by atoms with E-state index in [4.69, 9.17) is 5.11 Å². The molecule has 0 spiro atoms. The Morgan fingerprint density at radius 3 is 2.28 bits per heavy atom. The van der Waals surface area contributed by atoms with Gasteiger partial charge >= 0.3 is 5.97 Å². The van der Waals surface area contributed by atoms with E-state index in [9.17, 15) is 18.0 Å². The molecule has 25 heavy (non-hydrogen) atoms. The molecule has 0 aliphatic carbocycles. The zero-order valence-corrected chi connectivity index (χ0v) is 13.0. The standard InChI is InChI=1S/C17H12F3NO2.C2H2/c18-10-3-1-9(2-4-10)16-12(5-6-15(22)23)13-7-11(19)8-14(20)17(13)21-16;1-2/h1-4,7-8,21H,5-6H2,(H,22,23);1-2H. The lowest BCUT2D eigenvalue weighted by molar-refractivity contribution is -0.136. The highest BCUT2D eigenvalue weighted by atomic mass is 19.1. The fourth-order valence-electron chi connectivity index (χ4n) is 2.63. The Labute approximate surface area is 142 Å². The number of carboxylic acid groups (broad SMARTS) is 1. The Balaban J connectivity index is 0.00000109. The number of carboxylic acids is 1. The van der Waals surface area contributed by atoms with E-state index in [1.165, 1.54) is 30.3 Å². The number of hydrogen-bond donors (Lipinski definition) is 2. The van der Waals surface area contributed by atoms with Crippen LogP contribution in [0.25, 0.3) is 22.2 Å². The molecule has 2 N–H and O–H groups in total. The van der Waals surface area contributed by atoms with Gasteiger partial charge in [-0.3, -0.25) is 4.79 Å². The van der Waals surface area contributed by atoms with Crippen LogP contribution in [-0.4, -0.2) is 16.1 Å². The van der Waals surface area contributed by atoms with Crippen molar-refractivity contribution in [3.63, 3.8) is 0 Å². The Bertz CT molecular complexity index is 927. The van der Waals surface area contributed by atoms with Crippen molar-refractivity contribution in [2.24, 2.45) is 0 Å². The maximum atomic E-state index is 14.0. The first-order valence-electron chi connectivity index (χ1n) is 7.26. The summed E-state index contributed by atoms with van der Waals surface area (Å²) < 4.78 is 40.6. The van der Waals surface area contributed by atoms with Crippen LogP contribution < -0.4 is 0 Å². The monoisotopic (exact) mass is 345 g/mol. The van der Waals surface area contributed by atoms with Gasteiger partial charge in [0.2, 0.25) is 0 Å². The maximum absolute atomic E-state index is 14.0. The summed E-state index contributed by atoms with van der Waals surface area (Å²) in [5.41, 5.74) is 1.63. The number of benzene rings is 2. The van der Waals surface area contributed by atoms with Crippen LogP contribution in [0.4, 0.5) is 13.2 Å². The number of aliphatic carboxylic acids is 1. The third-order valence-electron chi connectivity index (χ3n) is 3.65. The smallest absolute Gasteiger partial charge is 0.303 e. The van der Waals surface area contributed by atoms with E-state index in [-0.39, 0.29) is 18.4 Å². The van der Waals surface area contributed by atoms with Crippen LogP contribution in [0.1, 0.15) is 12.0 Å². The predicted molar refractivity (Wildman–Crippen MR) is 89.5 cm³/mol. The quantitative estimate of drug-likeness (QED) is 0.683. The largest absolute Gasteiger partial charge is 0.481 e. The third kappa shape index (κ3) is 3.83. The van der Waals surface area contributed by atoms with Gasteiger partial charge in [0.05, 0.1) is 5.52 Å². The van der Waals surface area contributed by atoms with Crippen LogP contribution in [0.2, 0.25) is 0 Å². The highest BCUT2D eigenvalue weighted by molar-refractivity contribution is 5.91. The van der Waals surface area contributed by atoms with Gasteiger partial charge < -0.3 is 10.1 Å². The Kier molecular flexibility index (Phi) is 5.50. The molecular weight excluding hydrogens is 331 g/mol. The lowest BCUT2D eigenvalue weighted by Gasteiger charge is -2.04. The zero-order valence-electron chi connectivity index (χ0n) is 13.0. The first kappa shape index (κ1) is 18.1. The summed E-state index contributed by atoms with van der Waals surface area (Å²) >= 11 is 0. The molecule has 3 rings (SSSR count). The van der Waals surface area contributed by atoms with Crippen molar-refractivity contribution in [1.82, 2.24) is 4.98 Å². The molecule has 0 aliphatic heterocycles. The van der Waals surface area contributed by atoms with Gasteiger partial charge in [-0.15, -0.1) is 12.8 Å². The Morgan fingerprint density at radius 1 is 1.04 bits per heavy atom. The second-order valence-corrected chi connectivity index (χ2v) is 5.19. The third-order valence-corrected chi connectivity index (χ3v) is 3.65. The minimum atomic E-state index is -1.01. The second kappa shape index (κ2) is 7.58. The molecule has 0 fully saturated rings. The molecule has 128 valence electrons. The molecule has 2 aromatic carbocycles. The summed E-state index contributed by atoms with van der Waals surface area (Å²) in [4.78, 5) is 13.7. The van der Waals surface area contributed by atoms with Crippen molar-refractivity contribution in [1.29, 1.82) is 0 Å². The molecule has 0 aliphatic rings. The molecule has 0 atom stereocenters. The summed E-state index contributed by atoms with van der Waals surface area (Å²) in [6, 6.07) is 7.42. The van der Waals surface area contributed by atoms with Crippen molar-refractivity contribution in [3.05, 3.63) is 59.4 Å². The Morgan fingerprint density at radius 2 is 1.68 bits per heavy atom. The number of carbonyl (C=O) groups is 1. The average Bonchev–Trinajstić information content (AvgIpc) is 2.94. The molecule has 1 aromatic heterocycles. The zero-order chi connectivity index (χ0) is 18.6. The minimum absolute atomic E-state index is 0.102. The van der Waals surface area contributed by atoms with E-state index in [1.807, 2.05) is 0 Å². The number of aryl methyl sites for hydroxylation is 1. The summed E-state index contributed by atoms with van der Waals surface area (Å²) in [5, 5.41) is 9.18. The van der Waals surface area contributed by atoms with Gasteiger partial charge in [-0.1, -0.05) is 0 Å². The number of aromatic amines is 1. The van der Waals surface area contributed by atoms with Crippen LogP contribution in [0.5, 0.6) is 0 Å². The van der Waals surface area contributed by atoms with Crippen LogP contribution in [0.3, 0.4) is 0 Å². The van der Waals surface area contributed by atoms with E-state index >= 15 is 0 Å². The topological polar surface area (TPSA) is 53.1 Å². The molecule has 1 heterocycles. The molecule has 0 amide bonds. The summed E-state index contributed by atoms with van der Waals surface area (Å²) in [6.45, 7) is 0. The number of halogens is 3. The fraction of sp³-hybridized carbons (Fsp3) is 0.105. The van der Waals surface area contributed by atoms with Crippen molar-refractivity contribution >= 4 is 16.9 Å². The number of fused-ring (bicyclic) bond motifs is 1. The SMILES string of the molecule is C#C.O=C(O)CCc1c(-c2ccc(F)cc2)[nH]c2c(F)cc(F)cc12. The molecule has 3 nitrogen and oxygen atoms in total. The lowest BCUT2D eigenvalue weighted by Crippen LogP contribution is -1.98. The number of terminal acetylenes is 1. The number of nitrogens with one attached hydrogen (secondary N) is 1. The predicted octanol–water partition coefficient (Wildman–Crippen LogP) is 4.52. The molecule has 6 heteroatoms. The molecule has 0 saturated carbocycles. The maximum Gasteiger partial charge on any atom is 0.303 e. The summed E-state index contributed by atoms with van der Waals surface area (Å²) in [6.07, 6.45) is 7.92. The Hall–Kier alpha value is -3.20. The number of hydrogen-bond acceptors (Lipinski definition) is 1. The van der Waals surface area contributed by atoms with Crippen LogP contribution >= 0.6 is 0 Å². The van der Waals surface area contributed by atoms with Crippen LogP contribution in [0, 0.1) is 30.3 Å². The van der Waals surface area contributed by atoms with Gasteiger partial charge in [0, 0.05) is 23.6 Å². The first-order valence-corrected chi connectivity index (χ1v) is 7.26. The van der Waals surface area contributed by atoms with Crippen LogP contribution in [0.15, 0.2) is 36.4 Å². The minimum Gasteiger partial charge on any atom is -0.481 e. The molecular formula is C19H14F3NO2. The summed E-state index contributed by atoms with van der Waals surface area (Å²) in [5.74, 6) is -2.93. The van der Waals surface area contributed by atoms with E-state index < -0.39 is 23.4 Å². The van der Waals surface area contributed by atoms with Crippen molar-refractivity contribution in [3.8, 4) is 24.1 Å². The second-order valence-electron chi connectivity index (χ2n) is 5.19. The van der Waals surface area contributed by atoms with E-state index in [0.717, 1.165) is 6.07 Å². The van der Waals surface area contributed by atoms with E-state index in [2.05, 4.69) is 17.8 Å². The highest BCUT2D eigenvalue weighted by Gasteiger charge is 2.17. The highest BCUT2D eigenvalue weighted by Crippen LogP contribution is 2.33. The number of rotatable bonds is 4. The normalized spacial score (nSPS) is 10.3. The lowest BCUT2D eigenvalue weighted by atomic mass is 10.0. The van der Waals surface area contributed by atoms with Gasteiger partial charge in [0.1, 0.15) is 17.5 Å². The fourth-order valence-corrected chi connectivity index (χ4v) is 2.63. The van der Waals surface area contributed by atoms with Gasteiger partial charge in [-0.2, -0.15) is 0 Å². The summed E-state index contributed by atoms with van der Waals surface area (Å²) in [7, 11) is 0. The van der Waals surface area contributed by atoms with E-state index in [0.29, 0.717) is 22.2 Å². The van der Waals surface area contributed by atoms with Gasteiger partial charge in [0.15, 0.2) is 0 Å².